The van der Waals surface area contributed by atoms with E-state index in [0.29, 0.717) is 35.9 Å². The lowest BCUT2D eigenvalue weighted by molar-refractivity contribution is 0.0791. The van der Waals surface area contributed by atoms with Crippen LogP contribution >= 0.6 is 0 Å². The molecule has 2 aromatic carbocycles. The Labute approximate surface area is 164 Å². The Morgan fingerprint density at radius 1 is 1.07 bits per heavy atom. The largest absolute Gasteiger partial charge is 0.382 e. The predicted molar refractivity (Wildman–Crippen MR) is 111 cm³/mol. The van der Waals surface area contributed by atoms with Crippen molar-refractivity contribution in [3.8, 4) is 22.5 Å². The van der Waals surface area contributed by atoms with Crippen LogP contribution in [-0.4, -0.2) is 39.9 Å². The highest BCUT2D eigenvalue weighted by atomic mass is 16.2. The number of amides is 1. The molecule has 1 amide bonds. The third-order valence-electron chi connectivity index (χ3n) is 5.07. The second-order valence-electron chi connectivity index (χ2n) is 7.23. The lowest BCUT2D eigenvalue weighted by Gasteiger charge is -2.16. The van der Waals surface area contributed by atoms with Gasteiger partial charge in [-0.2, -0.15) is 0 Å². The molecule has 0 aliphatic carbocycles. The van der Waals surface area contributed by atoms with E-state index < -0.39 is 0 Å². The molecular weight excluding hydrogens is 350 g/mol. The molecule has 1 aliphatic rings. The highest BCUT2D eigenvalue weighted by molar-refractivity contribution is 5.95. The van der Waals surface area contributed by atoms with Crippen molar-refractivity contribution in [2.45, 2.75) is 19.4 Å². The van der Waals surface area contributed by atoms with Crippen molar-refractivity contribution in [1.29, 1.82) is 0 Å². The number of nitrogens with zero attached hydrogens (tertiary/aromatic N) is 3. The summed E-state index contributed by atoms with van der Waals surface area (Å²) in [7, 11) is 0. The summed E-state index contributed by atoms with van der Waals surface area (Å²) < 4.78 is 0. The van der Waals surface area contributed by atoms with E-state index in [2.05, 4.69) is 4.98 Å². The third-order valence-corrected chi connectivity index (χ3v) is 5.07. The Kier molecular flexibility index (Phi) is 4.79. The van der Waals surface area contributed by atoms with Gasteiger partial charge >= 0.3 is 0 Å². The van der Waals surface area contributed by atoms with Crippen molar-refractivity contribution < 1.29 is 4.79 Å². The molecule has 0 bridgehead atoms. The highest BCUT2D eigenvalue weighted by Gasteiger charge is 2.24. The fraction of sp³-hybridized carbons (Fsp3) is 0.227. The molecule has 28 heavy (non-hydrogen) atoms. The molecule has 4 N–H and O–H groups in total. The number of rotatable bonds is 3. The molecule has 3 aromatic rings. The highest BCUT2D eigenvalue weighted by Crippen LogP contribution is 2.26. The van der Waals surface area contributed by atoms with Gasteiger partial charge in [-0.15, -0.1) is 0 Å². The molecule has 0 spiro atoms. The van der Waals surface area contributed by atoms with Crippen LogP contribution < -0.4 is 11.5 Å². The van der Waals surface area contributed by atoms with Crippen LogP contribution in [0.25, 0.3) is 22.5 Å². The van der Waals surface area contributed by atoms with Crippen molar-refractivity contribution in [1.82, 2.24) is 14.9 Å². The van der Waals surface area contributed by atoms with Crippen LogP contribution in [0.1, 0.15) is 22.3 Å². The Morgan fingerprint density at radius 2 is 1.75 bits per heavy atom. The Hall–Kier alpha value is -3.25. The van der Waals surface area contributed by atoms with E-state index in [9.17, 15) is 4.79 Å². The van der Waals surface area contributed by atoms with Gasteiger partial charge in [-0.05, 0) is 25.5 Å². The average molecular weight is 373 g/mol. The normalized spacial score (nSPS) is 16.4. The molecule has 6 heteroatoms. The molecule has 1 unspecified atom stereocenters. The summed E-state index contributed by atoms with van der Waals surface area (Å²) in [6.07, 6.45) is 2.51. The molecule has 1 saturated heterocycles. The zero-order valence-electron chi connectivity index (χ0n) is 15.8. The number of nitrogen functional groups attached to an aromatic ring is 1. The molecule has 6 nitrogen and oxygen atoms in total. The van der Waals surface area contributed by atoms with Crippen molar-refractivity contribution >= 4 is 11.7 Å². The predicted octanol–water partition coefficient (Wildman–Crippen LogP) is 2.87. The van der Waals surface area contributed by atoms with Crippen LogP contribution in [-0.2, 0) is 0 Å². The number of carbonyl (C=O) groups is 1. The second kappa shape index (κ2) is 7.40. The SMILES string of the molecule is Cc1ccc(-c2nc(-c3ccc(C(=O)N4CCC(N)C4)cc3)cnc2N)cc1. The maximum absolute atomic E-state index is 12.6. The first-order valence-electron chi connectivity index (χ1n) is 9.36. The van der Waals surface area contributed by atoms with E-state index in [1.54, 1.807) is 11.1 Å². The van der Waals surface area contributed by atoms with Crippen LogP contribution in [0.5, 0.6) is 0 Å². The number of benzene rings is 2. The minimum Gasteiger partial charge on any atom is -0.382 e. The number of carbonyl (C=O) groups excluding carboxylic acids is 1. The van der Waals surface area contributed by atoms with Crippen LogP contribution in [0.2, 0.25) is 0 Å². The van der Waals surface area contributed by atoms with Crippen molar-refractivity contribution in [2.24, 2.45) is 5.73 Å². The number of anilines is 1. The van der Waals surface area contributed by atoms with Crippen LogP contribution in [0.15, 0.2) is 54.7 Å². The van der Waals surface area contributed by atoms with Gasteiger partial charge in [-0.25, -0.2) is 9.97 Å². The monoisotopic (exact) mass is 373 g/mol. The molecule has 4 rings (SSSR count). The lowest BCUT2D eigenvalue weighted by atomic mass is 10.1. The van der Waals surface area contributed by atoms with Crippen molar-refractivity contribution in [3.63, 3.8) is 0 Å². The zero-order chi connectivity index (χ0) is 19.7. The number of aromatic nitrogens is 2. The minimum absolute atomic E-state index is 0.0169. The van der Waals surface area contributed by atoms with Crippen LogP contribution in [0.4, 0.5) is 5.82 Å². The van der Waals surface area contributed by atoms with Gasteiger partial charge in [0, 0.05) is 35.8 Å². The zero-order valence-corrected chi connectivity index (χ0v) is 15.8. The van der Waals surface area contributed by atoms with E-state index in [1.165, 1.54) is 5.56 Å². The summed E-state index contributed by atoms with van der Waals surface area (Å²) in [5.74, 6) is 0.410. The molecule has 1 aliphatic heterocycles. The molecular formula is C22H23N5O. The van der Waals surface area contributed by atoms with Crippen molar-refractivity contribution in [2.75, 3.05) is 18.8 Å². The first-order chi connectivity index (χ1) is 13.5. The first-order valence-corrected chi connectivity index (χ1v) is 9.36. The van der Waals surface area contributed by atoms with Crippen LogP contribution in [0, 0.1) is 6.92 Å². The number of aryl methyl sites for hydroxylation is 1. The topological polar surface area (TPSA) is 98.1 Å². The van der Waals surface area contributed by atoms with E-state index in [4.69, 9.17) is 16.5 Å². The van der Waals surface area contributed by atoms with E-state index >= 15 is 0 Å². The van der Waals surface area contributed by atoms with Gasteiger partial charge in [0.2, 0.25) is 0 Å². The van der Waals surface area contributed by atoms with Gasteiger partial charge in [0.15, 0.2) is 0 Å². The minimum atomic E-state index is 0.0169. The van der Waals surface area contributed by atoms with Gasteiger partial charge in [-0.1, -0.05) is 42.0 Å². The molecule has 0 radical (unpaired) electrons. The standard InChI is InChI=1S/C22H23N5O/c1-14-2-4-16(5-3-14)20-21(24)25-12-19(26-20)15-6-8-17(9-7-15)22(28)27-11-10-18(23)13-27/h2-9,12,18H,10-11,13,23H2,1H3,(H2,24,25). The molecule has 1 atom stereocenters. The number of hydrogen-bond donors (Lipinski definition) is 2. The van der Waals surface area contributed by atoms with Crippen molar-refractivity contribution in [3.05, 3.63) is 65.9 Å². The summed E-state index contributed by atoms with van der Waals surface area (Å²) in [5.41, 5.74) is 17.0. The Bertz CT molecular complexity index is 998. The van der Waals surface area contributed by atoms with E-state index in [0.717, 1.165) is 17.5 Å². The Morgan fingerprint density at radius 3 is 2.39 bits per heavy atom. The average Bonchev–Trinajstić information content (AvgIpc) is 3.15. The van der Waals surface area contributed by atoms with Gasteiger partial charge < -0.3 is 16.4 Å². The maximum Gasteiger partial charge on any atom is 0.253 e. The van der Waals surface area contributed by atoms with Gasteiger partial charge in [-0.3, -0.25) is 4.79 Å². The first kappa shape index (κ1) is 18.1. The summed E-state index contributed by atoms with van der Waals surface area (Å²) >= 11 is 0. The number of hydrogen-bond acceptors (Lipinski definition) is 5. The Balaban J connectivity index is 1.60. The molecule has 1 aromatic heterocycles. The number of nitrogens with two attached hydrogens (primary N) is 2. The quantitative estimate of drug-likeness (QED) is 0.736. The maximum atomic E-state index is 12.6. The molecule has 0 saturated carbocycles. The second-order valence-corrected chi connectivity index (χ2v) is 7.23. The van der Waals surface area contributed by atoms with E-state index in [1.807, 2.05) is 55.5 Å². The summed E-state index contributed by atoms with van der Waals surface area (Å²) in [5, 5.41) is 0. The van der Waals surface area contributed by atoms with Crippen LogP contribution in [0.3, 0.4) is 0 Å². The smallest absolute Gasteiger partial charge is 0.253 e. The molecule has 142 valence electrons. The lowest BCUT2D eigenvalue weighted by Crippen LogP contribution is -2.31. The fourth-order valence-electron chi connectivity index (χ4n) is 3.40. The summed E-state index contributed by atoms with van der Waals surface area (Å²) in [6, 6.07) is 15.5. The molecule has 2 heterocycles. The number of likely N-dealkylation sites (tertiary alicyclic amines) is 1. The summed E-state index contributed by atoms with van der Waals surface area (Å²) in [6.45, 7) is 3.36. The fourth-order valence-corrected chi connectivity index (χ4v) is 3.40. The molecule has 1 fully saturated rings. The van der Waals surface area contributed by atoms with E-state index in [-0.39, 0.29) is 11.9 Å². The van der Waals surface area contributed by atoms with Gasteiger partial charge in [0.05, 0.1) is 11.9 Å². The summed E-state index contributed by atoms with van der Waals surface area (Å²) in [4.78, 5) is 23.4. The third kappa shape index (κ3) is 3.59. The van der Waals surface area contributed by atoms with Gasteiger partial charge in [0.25, 0.3) is 5.91 Å². The van der Waals surface area contributed by atoms with Gasteiger partial charge in [0.1, 0.15) is 11.5 Å².